The maximum atomic E-state index is 10.5. The first kappa shape index (κ1) is 15.8. The van der Waals surface area contributed by atoms with Crippen LogP contribution >= 0.6 is 11.3 Å². The van der Waals surface area contributed by atoms with Crippen molar-refractivity contribution in [2.75, 3.05) is 19.8 Å². The Morgan fingerprint density at radius 3 is 3.04 bits per heavy atom. The molecule has 0 radical (unpaired) electrons. The zero-order valence-electron chi connectivity index (χ0n) is 13.4. The summed E-state index contributed by atoms with van der Waals surface area (Å²) < 4.78 is 11.3. The molecule has 1 N–H and O–H groups in total. The van der Waals surface area contributed by atoms with Gasteiger partial charge in [0.2, 0.25) is 0 Å². The SMILES string of the molecule is OC(CC1COCCN1Cc1coc2ccccc12)c1cccs1. The molecule has 1 aliphatic heterocycles. The molecule has 2 unspecified atom stereocenters. The number of fused-ring (bicyclic) bond motifs is 1. The van der Waals surface area contributed by atoms with Crippen molar-refractivity contribution >= 4 is 22.3 Å². The molecule has 4 rings (SSSR count). The molecule has 5 heteroatoms. The molecule has 0 spiro atoms. The van der Waals surface area contributed by atoms with Gasteiger partial charge in [-0.2, -0.15) is 0 Å². The van der Waals surface area contributed by atoms with Gasteiger partial charge in [-0.1, -0.05) is 24.3 Å². The molecule has 126 valence electrons. The van der Waals surface area contributed by atoms with E-state index in [1.807, 2.05) is 42.0 Å². The third kappa shape index (κ3) is 3.26. The smallest absolute Gasteiger partial charge is 0.134 e. The van der Waals surface area contributed by atoms with Crippen LogP contribution in [0.15, 0.2) is 52.5 Å². The van der Waals surface area contributed by atoms with E-state index in [1.165, 1.54) is 10.9 Å². The van der Waals surface area contributed by atoms with Crippen LogP contribution < -0.4 is 0 Å². The summed E-state index contributed by atoms with van der Waals surface area (Å²) in [6.45, 7) is 3.10. The number of aliphatic hydroxyl groups is 1. The topological polar surface area (TPSA) is 45.8 Å². The molecule has 4 nitrogen and oxygen atoms in total. The van der Waals surface area contributed by atoms with E-state index in [4.69, 9.17) is 9.15 Å². The Hall–Kier alpha value is -1.66. The van der Waals surface area contributed by atoms with E-state index < -0.39 is 6.10 Å². The van der Waals surface area contributed by atoms with Crippen molar-refractivity contribution in [3.05, 3.63) is 58.5 Å². The number of morpholine rings is 1. The van der Waals surface area contributed by atoms with Gasteiger partial charge >= 0.3 is 0 Å². The van der Waals surface area contributed by atoms with E-state index in [-0.39, 0.29) is 6.04 Å². The number of furan rings is 1. The van der Waals surface area contributed by atoms with Gasteiger partial charge in [0, 0.05) is 35.0 Å². The second-order valence-corrected chi connectivity index (χ2v) is 7.20. The summed E-state index contributed by atoms with van der Waals surface area (Å²) >= 11 is 1.60. The number of para-hydroxylation sites is 1. The lowest BCUT2D eigenvalue weighted by molar-refractivity contribution is -0.0295. The summed E-state index contributed by atoms with van der Waals surface area (Å²) in [6.07, 6.45) is 2.11. The maximum absolute atomic E-state index is 10.5. The normalized spacial score (nSPS) is 20.5. The highest BCUT2D eigenvalue weighted by Crippen LogP contribution is 2.28. The first-order valence-electron chi connectivity index (χ1n) is 8.29. The molecule has 3 aromatic rings. The summed E-state index contributed by atoms with van der Waals surface area (Å²) in [6, 6.07) is 12.3. The minimum absolute atomic E-state index is 0.213. The average Bonchev–Trinajstić information content (AvgIpc) is 3.27. The fourth-order valence-electron chi connectivity index (χ4n) is 3.34. The largest absolute Gasteiger partial charge is 0.464 e. The third-order valence-corrected chi connectivity index (χ3v) is 5.62. The number of hydrogen-bond acceptors (Lipinski definition) is 5. The summed E-state index contributed by atoms with van der Waals surface area (Å²) in [5.41, 5.74) is 2.12. The molecule has 24 heavy (non-hydrogen) atoms. The van der Waals surface area contributed by atoms with Crippen LogP contribution in [0.2, 0.25) is 0 Å². The number of hydrogen-bond donors (Lipinski definition) is 1. The van der Waals surface area contributed by atoms with Crippen molar-refractivity contribution in [3.8, 4) is 0 Å². The van der Waals surface area contributed by atoms with E-state index >= 15 is 0 Å². The van der Waals surface area contributed by atoms with Crippen molar-refractivity contribution in [2.45, 2.75) is 25.1 Å². The quantitative estimate of drug-likeness (QED) is 0.765. The first-order chi connectivity index (χ1) is 11.8. The van der Waals surface area contributed by atoms with Crippen LogP contribution in [0.3, 0.4) is 0 Å². The van der Waals surface area contributed by atoms with Crippen molar-refractivity contribution < 1.29 is 14.3 Å². The van der Waals surface area contributed by atoms with Crippen LogP contribution in [-0.2, 0) is 11.3 Å². The van der Waals surface area contributed by atoms with Gasteiger partial charge in [-0.15, -0.1) is 11.3 Å². The number of aliphatic hydroxyl groups excluding tert-OH is 1. The molecule has 1 aliphatic rings. The molecule has 2 atom stereocenters. The number of rotatable bonds is 5. The molecule has 1 aromatic carbocycles. The van der Waals surface area contributed by atoms with Crippen LogP contribution in [-0.4, -0.2) is 35.8 Å². The molecular weight excluding hydrogens is 322 g/mol. The van der Waals surface area contributed by atoms with E-state index in [2.05, 4.69) is 11.0 Å². The van der Waals surface area contributed by atoms with Gasteiger partial charge in [-0.25, -0.2) is 0 Å². The van der Waals surface area contributed by atoms with Gasteiger partial charge in [0.05, 0.1) is 25.6 Å². The summed E-state index contributed by atoms with van der Waals surface area (Å²) in [5.74, 6) is 0. The van der Waals surface area contributed by atoms with Crippen molar-refractivity contribution in [2.24, 2.45) is 0 Å². The van der Waals surface area contributed by atoms with Crippen LogP contribution in [0.25, 0.3) is 11.0 Å². The van der Waals surface area contributed by atoms with Gasteiger partial charge in [-0.3, -0.25) is 4.90 Å². The van der Waals surface area contributed by atoms with Gasteiger partial charge in [0.15, 0.2) is 0 Å². The Balaban J connectivity index is 1.49. The molecule has 1 saturated heterocycles. The summed E-state index contributed by atoms with van der Waals surface area (Å²) in [4.78, 5) is 3.42. The Morgan fingerprint density at radius 2 is 2.17 bits per heavy atom. The predicted molar refractivity (Wildman–Crippen MR) is 95.1 cm³/mol. The lowest BCUT2D eigenvalue weighted by atomic mass is 10.0. The molecular formula is C19H21NO3S. The summed E-state index contributed by atoms with van der Waals surface area (Å²) in [7, 11) is 0. The fraction of sp³-hybridized carbons (Fsp3) is 0.368. The molecule has 0 bridgehead atoms. The van der Waals surface area contributed by atoms with Crippen molar-refractivity contribution in [1.82, 2.24) is 4.90 Å². The highest BCUT2D eigenvalue weighted by molar-refractivity contribution is 7.10. The van der Waals surface area contributed by atoms with Gasteiger partial charge < -0.3 is 14.3 Å². The highest BCUT2D eigenvalue weighted by Gasteiger charge is 2.27. The second-order valence-electron chi connectivity index (χ2n) is 6.22. The minimum atomic E-state index is -0.430. The number of benzene rings is 1. The standard InChI is InChI=1S/C19H21NO3S/c21-17(19-6-3-9-24-19)10-15-13-22-8-7-20(15)11-14-12-23-18-5-2-1-4-16(14)18/h1-6,9,12,15,17,21H,7-8,10-11,13H2. The zero-order valence-corrected chi connectivity index (χ0v) is 14.2. The number of thiophene rings is 1. The van der Waals surface area contributed by atoms with Crippen LogP contribution in [0.1, 0.15) is 23.0 Å². The van der Waals surface area contributed by atoms with E-state index in [0.717, 1.165) is 30.2 Å². The predicted octanol–water partition coefficient (Wildman–Crippen LogP) is 3.82. The zero-order chi connectivity index (χ0) is 16.4. The first-order valence-corrected chi connectivity index (χ1v) is 9.17. The number of nitrogens with zero attached hydrogens (tertiary/aromatic N) is 1. The Labute approximate surface area is 145 Å². The Bertz CT molecular complexity index is 783. The fourth-order valence-corrected chi connectivity index (χ4v) is 4.07. The average molecular weight is 343 g/mol. The monoisotopic (exact) mass is 343 g/mol. The summed E-state index contributed by atoms with van der Waals surface area (Å²) in [5, 5.41) is 13.7. The lowest BCUT2D eigenvalue weighted by Gasteiger charge is -2.36. The minimum Gasteiger partial charge on any atom is -0.464 e. The Kier molecular flexibility index (Phi) is 4.67. The third-order valence-electron chi connectivity index (χ3n) is 4.65. The molecule has 0 amide bonds. The molecule has 1 fully saturated rings. The van der Waals surface area contributed by atoms with E-state index in [9.17, 15) is 5.11 Å². The Morgan fingerprint density at radius 1 is 1.25 bits per heavy atom. The van der Waals surface area contributed by atoms with Crippen LogP contribution in [0, 0.1) is 0 Å². The highest BCUT2D eigenvalue weighted by atomic mass is 32.1. The van der Waals surface area contributed by atoms with Crippen LogP contribution in [0.5, 0.6) is 0 Å². The van der Waals surface area contributed by atoms with Crippen molar-refractivity contribution in [1.29, 1.82) is 0 Å². The molecule has 2 aromatic heterocycles. The van der Waals surface area contributed by atoms with Gasteiger partial charge in [0.25, 0.3) is 0 Å². The van der Waals surface area contributed by atoms with E-state index in [0.29, 0.717) is 13.0 Å². The van der Waals surface area contributed by atoms with E-state index in [1.54, 1.807) is 11.3 Å². The van der Waals surface area contributed by atoms with Gasteiger partial charge in [0.1, 0.15) is 5.58 Å². The maximum Gasteiger partial charge on any atom is 0.134 e. The van der Waals surface area contributed by atoms with Crippen LogP contribution in [0.4, 0.5) is 0 Å². The van der Waals surface area contributed by atoms with Gasteiger partial charge in [-0.05, 0) is 23.9 Å². The lowest BCUT2D eigenvalue weighted by Crippen LogP contribution is -2.45. The molecule has 3 heterocycles. The van der Waals surface area contributed by atoms with Crippen molar-refractivity contribution in [3.63, 3.8) is 0 Å². The number of ether oxygens (including phenoxy) is 1. The molecule has 0 aliphatic carbocycles. The second kappa shape index (κ2) is 7.07. The molecule has 0 saturated carbocycles.